The van der Waals surface area contributed by atoms with Crippen LogP contribution in [0.3, 0.4) is 0 Å². The van der Waals surface area contributed by atoms with Gasteiger partial charge >= 0.3 is 0 Å². The molecular formula is C12H11F3N2OS. The van der Waals surface area contributed by atoms with Crippen molar-refractivity contribution in [1.29, 1.82) is 0 Å². The van der Waals surface area contributed by atoms with E-state index in [0.29, 0.717) is 35.5 Å². The summed E-state index contributed by atoms with van der Waals surface area (Å²) in [7, 11) is 0. The molecule has 0 aliphatic carbocycles. The van der Waals surface area contributed by atoms with E-state index in [1.807, 2.05) is 0 Å². The van der Waals surface area contributed by atoms with E-state index in [4.69, 9.17) is 4.42 Å². The molecule has 0 aromatic carbocycles. The van der Waals surface area contributed by atoms with Crippen molar-refractivity contribution in [2.75, 3.05) is 5.32 Å². The third-order valence-electron chi connectivity index (χ3n) is 2.26. The number of thioether (sulfide) groups is 1. The van der Waals surface area contributed by atoms with Crippen LogP contribution in [0.4, 0.5) is 18.9 Å². The minimum Gasteiger partial charge on any atom is -0.463 e. The Bertz CT molecular complexity index is 516. The first-order chi connectivity index (χ1) is 9.13. The molecule has 19 heavy (non-hydrogen) atoms. The molecule has 102 valence electrons. The van der Waals surface area contributed by atoms with Crippen molar-refractivity contribution in [3.8, 4) is 0 Å². The molecule has 2 rings (SSSR count). The minimum atomic E-state index is -2.41. The van der Waals surface area contributed by atoms with E-state index in [1.54, 1.807) is 18.2 Å². The predicted octanol–water partition coefficient (Wildman–Crippen LogP) is 3.88. The summed E-state index contributed by atoms with van der Waals surface area (Å²) in [6.45, 7) is 0.382. The molecule has 1 N–H and O–H groups in total. The summed E-state index contributed by atoms with van der Waals surface area (Å²) < 4.78 is 42.0. The Balaban J connectivity index is 1.84. The average Bonchev–Trinajstić information content (AvgIpc) is 2.84. The molecule has 0 spiro atoms. The van der Waals surface area contributed by atoms with E-state index in [2.05, 4.69) is 10.3 Å². The van der Waals surface area contributed by atoms with Crippen molar-refractivity contribution < 1.29 is 17.6 Å². The molecule has 0 aliphatic rings. The van der Waals surface area contributed by atoms with Crippen LogP contribution in [0.25, 0.3) is 0 Å². The standard InChI is InChI=1S/C12H11F3N2OS/c13-11-4-1-8(5-17-11)16-6-9-2-3-10(18-9)7-19-12(14)15/h1-5,12,16H,6-7H2. The molecule has 3 nitrogen and oxygen atoms in total. The molecule has 7 heteroatoms. The molecule has 0 saturated heterocycles. The number of nitrogens with one attached hydrogen (secondary N) is 1. The van der Waals surface area contributed by atoms with E-state index >= 15 is 0 Å². The second-order valence-corrected chi connectivity index (χ2v) is 4.64. The highest BCUT2D eigenvalue weighted by Crippen LogP contribution is 2.21. The highest BCUT2D eigenvalue weighted by atomic mass is 32.2. The Morgan fingerprint density at radius 1 is 1.21 bits per heavy atom. The quantitative estimate of drug-likeness (QED) is 0.819. The lowest BCUT2D eigenvalue weighted by atomic mass is 10.4. The summed E-state index contributed by atoms with van der Waals surface area (Å²) in [5.41, 5.74) is 0.654. The van der Waals surface area contributed by atoms with Crippen LogP contribution >= 0.6 is 11.8 Å². The molecule has 0 aliphatic heterocycles. The van der Waals surface area contributed by atoms with Crippen molar-refractivity contribution in [1.82, 2.24) is 4.98 Å². The first-order valence-electron chi connectivity index (χ1n) is 5.46. The zero-order valence-electron chi connectivity index (χ0n) is 9.78. The molecule has 0 atom stereocenters. The van der Waals surface area contributed by atoms with Gasteiger partial charge in [-0.2, -0.15) is 13.2 Å². The van der Waals surface area contributed by atoms with E-state index < -0.39 is 11.7 Å². The van der Waals surface area contributed by atoms with Crippen molar-refractivity contribution in [3.05, 3.63) is 47.9 Å². The van der Waals surface area contributed by atoms with Crippen LogP contribution in [0.5, 0.6) is 0 Å². The van der Waals surface area contributed by atoms with Crippen LogP contribution in [0.1, 0.15) is 11.5 Å². The third kappa shape index (κ3) is 4.51. The highest BCUT2D eigenvalue weighted by molar-refractivity contribution is 7.98. The normalized spacial score (nSPS) is 10.9. The van der Waals surface area contributed by atoms with Gasteiger partial charge in [-0.05, 0) is 24.3 Å². The number of nitrogens with zero attached hydrogens (tertiary/aromatic N) is 1. The van der Waals surface area contributed by atoms with Gasteiger partial charge in [-0.25, -0.2) is 4.98 Å². The average molecular weight is 288 g/mol. The van der Waals surface area contributed by atoms with Crippen LogP contribution in [-0.4, -0.2) is 10.7 Å². The number of halogens is 3. The van der Waals surface area contributed by atoms with Gasteiger partial charge in [-0.1, -0.05) is 11.8 Å². The topological polar surface area (TPSA) is 38.1 Å². The van der Waals surface area contributed by atoms with Crippen LogP contribution in [-0.2, 0) is 12.3 Å². The highest BCUT2D eigenvalue weighted by Gasteiger charge is 2.07. The number of aromatic nitrogens is 1. The fraction of sp³-hybridized carbons (Fsp3) is 0.250. The number of anilines is 1. The Morgan fingerprint density at radius 3 is 2.68 bits per heavy atom. The number of alkyl halides is 2. The van der Waals surface area contributed by atoms with Gasteiger partial charge < -0.3 is 9.73 Å². The van der Waals surface area contributed by atoms with Crippen LogP contribution in [0.2, 0.25) is 0 Å². The summed E-state index contributed by atoms with van der Waals surface area (Å²) >= 11 is 0.515. The Labute approximate surface area is 112 Å². The molecule has 0 amide bonds. The van der Waals surface area contributed by atoms with E-state index in [0.717, 1.165) is 0 Å². The zero-order chi connectivity index (χ0) is 13.7. The summed E-state index contributed by atoms with van der Waals surface area (Å²) in [5.74, 6) is -1.70. The summed E-state index contributed by atoms with van der Waals surface area (Å²) in [6, 6.07) is 6.18. The first kappa shape index (κ1) is 13.8. The molecular weight excluding hydrogens is 277 g/mol. The predicted molar refractivity (Wildman–Crippen MR) is 67.5 cm³/mol. The van der Waals surface area contributed by atoms with Gasteiger partial charge in [-0.3, -0.25) is 0 Å². The van der Waals surface area contributed by atoms with Crippen LogP contribution in [0, 0.1) is 5.95 Å². The first-order valence-corrected chi connectivity index (χ1v) is 6.51. The van der Waals surface area contributed by atoms with Crippen LogP contribution < -0.4 is 5.32 Å². The maximum Gasteiger partial charge on any atom is 0.284 e. The van der Waals surface area contributed by atoms with Gasteiger partial charge in [0.1, 0.15) is 11.5 Å². The van der Waals surface area contributed by atoms with Gasteiger partial charge in [0.05, 0.1) is 24.2 Å². The minimum absolute atomic E-state index is 0.135. The van der Waals surface area contributed by atoms with Gasteiger partial charge in [-0.15, -0.1) is 0 Å². The van der Waals surface area contributed by atoms with Gasteiger partial charge in [0, 0.05) is 0 Å². The second kappa shape index (κ2) is 6.51. The Kier molecular flexibility index (Phi) is 4.73. The molecule has 2 heterocycles. The second-order valence-electron chi connectivity index (χ2n) is 3.66. The number of hydrogen-bond donors (Lipinski definition) is 1. The van der Waals surface area contributed by atoms with Crippen molar-refractivity contribution in [2.24, 2.45) is 0 Å². The Hall–Kier alpha value is -1.63. The summed E-state index contributed by atoms with van der Waals surface area (Å²) in [5, 5.41) is 2.99. The lowest BCUT2D eigenvalue weighted by Gasteiger charge is -2.03. The summed E-state index contributed by atoms with van der Waals surface area (Å²) in [6.07, 6.45) is 1.37. The van der Waals surface area contributed by atoms with Gasteiger partial charge in [0.2, 0.25) is 5.95 Å². The molecule has 2 aromatic heterocycles. The SMILES string of the molecule is Fc1ccc(NCc2ccc(CSC(F)F)o2)cn1. The van der Waals surface area contributed by atoms with Crippen molar-refractivity contribution >= 4 is 17.4 Å². The molecule has 0 radical (unpaired) electrons. The molecule has 0 saturated carbocycles. The van der Waals surface area contributed by atoms with Crippen molar-refractivity contribution in [3.63, 3.8) is 0 Å². The number of pyridine rings is 1. The maximum atomic E-state index is 12.6. The molecule has 0 unspecified atom stereocenters. The fourth-order valence-electron chi connectivity index (χ4n) is 1.41. The lowest BCUT2D eigenvalue weighted by molar-refractivity contribution is 0.251. The van der Waals surface area contributed by atoms with E-state index in [-0.39, 0.29) is 5.75 Å². The van der Waals surface area contributed by atoms with Crippen LogP contribution in [0.15, 0.2) is 34.9 Å². The number of hydrogen-bond acceptors (Lipinski definition) is 4. The molecule has 0 fully saturated rings. The van der Waals surface area contributed by atoms with E-state index in [1.165, 1.54) is 12.3 Å². The molecule has 0 bridgehead atoms. The smallest absolute Gasteiger partial charge is 0.284 e. The van der Waals surface area contributed by atoms with E-state index in [9.17, 15) is 13.2 Å². The van der Waals surface area contributed by atoms with Gasteiger partial charge in [0.15, 0.2) is 0 Å². The number of furan rings is 1. The fourth-order valence-corrected chi connectivity index (χ4v) is 1.86. The zero-order valence-corrected chi connectivity index (χ0v) is 10.6. The number of rotatable bonds is 6. The molecule has 2 aromatic rings. The lowest BCUT2D eigenvalue weighted by Crippen LogP contribution is -1.98. The monoisotopic (exact) mass is 288 g/mol. The largest absolute Gasteiger partial charge is 0.463 e. The van der Waals surface area contributed by atoms with Crippen molar-refractivity contribution in [2.45, 2.75) is 18.1 Å². The summed E-state index contributed by atoms with van der Waals surface area (Å²) in [4.78, 5) is 3.50. The van der Waals surface area contributed by atoms with Gasteiger partial charge in [0.25, 0.3) is 5.76 Å². The third-order valence-corrected chi connectivity index (χ3v) is 2.97. The maximum absolute atomic E-state index is 12.6. The Morgan fingerprint density at radius 2 is 2.00 bits per heavy atom.